The summed E-state index contributed by atoms with van der Waals surface area (Å²) in [4.78, 5) is 24.6. The number of carbonyl (C=O) groups excluding carboxylic acids is 2. The van der Waals surface area contributed by atoms with Crippen LogP contribution in [0.25, 0.3) is 11.1 Å². The summed E-state index contributed by atoms with van der Waals surface area (Å²) >= 11 is 0. The van der Waals surface area contributed by atoms with Crippen molar-refractivity contribution in [3.8, 4) is 11.1 Å². The minimum atomic E-state index is -0.880. The van der Waals surface area contributed by atoms with Crippen molar-refractivity contribution in [2.45, 2.75) is 20.3 Å². The van der Waals surface area contributed by atoms with Gasteiger partial charge in [-0.1, -0.05) is 30.3 Å². The molecule has 0 amide bonds. The smallest absolute Gasteiger partial charge is 0.381 e. The third-order valence-electron chi connectivity index (χ3n) is 3.49. The topological polar surface area (TPSA) is 66.8 Å². The highest BCUT2D eigenvalue weighted by Gasteiger charge is 2.28. The zero-order valence-corrected chi connectivity index (χ0v) is 14.1. The van der Waals surface area contributed by atoms with Crippen molar-refractivity contribution in [3.63, 3.8) is 0 Å². The molecule has 0 unspecified atom stereocenters. The standard InChI is InChI=1S/C18H21NO5/c1-4-24-18(21)17(20)16-15(13-8-6-5-7-9-13)10-14(11-22-2)19(16)12-23-3/h5-10H,4,11-12H2,1-3H3. The van der Waals surface area contributed by atoms with Crippen LogP contribution in [0.3, 0.4) is 0 Å². The summed E-state index contributed by atoms with van der Waals surface area (Å²) in [6.45, 7) is 2.22. The monoisotopic (exact) mass is 331 g/mol. The molecule has 0 saturated carbocycles. The Morgan fingerprint density at radius 3 is 2.38 bits per heavy atom. The number of rotatable bonds is 8. The van der Waals surface area contributed by atoms with E-state index in [-0.39, 0.29) is 19.0 Å². The van der Waals surface area contributed by atoms with Crippen molar-refractivity contribution in [3.05, 3.63) is 47.8 Å². The summed E-state index contributed by atoms with van der Waals surface area (Å²) in [6, 6.07) is 11.2. The first-order valence-corrected chi connectivity index (χ1v) is 7.61. The molecule has 6 nitrogen and oxygen atoms in total. The van der Waals surface area contributed by atoms with E-state index in [1.54, 1.807) is 18.6 Å². The molecule has 0 spiro atoms. The van der Waals surface area contributed by atoms with Crippen molar-refractivity contribution in [2.24, 2.45) is 0 Å². The van der Waals surface area contributed by atoms with Crippen molar-refractivity contribution in [1.29, 1.82) is 0 Å². The average Bonchev–Trinajstić information content (AvgIpc) is 2.94. The second kappa shape index (κ2) is 8.42. The summed E-state index contributed by atoms with van der Waals surface area (Å²) in [6.07, 6.45) is 0. The Bertz CT molecular complexity index is 706. The van der Waals surface area contributed by atoms with Crippen LogP contribution in [0.15, 0.2) is 36.4 Å². The first kappa shape index (κ1) is 17.9. The lowest BCUT2D eigenvalue weighted by atomic mass is 10.0. The van der Waals surface area contributed by atoms with E-state index in [1.165, 1.54) is 7.11 Å². The van der Waals surface area contributed by atoms with Crippen LogP contribution < -0.4 is 0 Å². The molecular formula is C18H21NO5. The second-order valence-corrected chi connectivity index (χ2v) is 5.09. The van der Waals surface area contributed by atoms with Gasteiger partial charge in [-0.2, -0.15) is 0 Å². The molecule has 2 aromatic rings. The fourth-order valence-corrected chi connectivity index (χ4v) is 2.52. The molecule has 0 radical (unpaired) electrons. The molecule has 0 aliphatic carbocycles. The lowest BCUT2D eigenvalue weighted by molar-refractivity contribution is -0.137. The Balaban J connectivity index is 2.62. The van der Waals surface area contributed by atoms with Crippen molar-refractivity contribution in [1.82, 2.24) is 4.57 Å². The summed E-state index contributed by atoms with van der Waals surface area (Å²) in [7, 11) is 3.09. The zero-order chi connectivity index (χ0) is 17.5. The quantitative estimate of drug-likeness (QED) is 0.423. The number of esters is 1. The first-order valence-electron chi connectivity index (χ1n) is 7.61. The lowest BCUT2D eigenvalue weighted by Crippen LogP contribution is -2.23. The number of benzene rings is 1. The number of hydrogen-bond acceptors (Lipinski definition) is 5. The summed E-state index contributed by atoms with van der Waals surface area (Å²) in [5, 5.41) is 0. The number of Topliss-reactive ketones (excluding diaryl/α,β-unsaturated/α-hetero) is 1. The minimum Gasteiger partial charge on any atom is -0.460 e. The molecule has 1 aromatic heterocycles. The van der Waals surface area contributed by atoms with Gasteiger partial charge in [0, 0.05) is 25.5 Å². The predicted octanol–water partition coefficient (Wildman–Crippen LogP) is 2.65. The molecule has 0 saturated heterocycles. The molecule has 128 valence electrons. The van der Waals surface area contributed by atoms with Gasteiger partial charge in [-0.25, -0.2) is 4.79 Å². The van der Waals surface area contributed by atoms with Gasteiger partial charge in [0.25, 0.3) is 5.78 Å². The maximum atomic E-state index is 12.7. The Labute approximate surface area is 140 Å². The number of methoxy groups -OCH3 is 2. The number of aromatic nitrogens is 1. The van der Waals surface area contributed by atoms with Gasteiger partial charge in [0.15, 0.2) is 0 Å². The number of ether oxygens (including phenoxy) is 3. The van der Waals surface area contributed by atoms with Gasteiger partial charge in [0.05, 0.1) is 13.2 Å². The molecule has 1 aromatic carbocycles. The third-order valence-corrected chi connectivity index (χ3v) is 3.49. The van der Waals surface area contributed by atoms with Crippen LogP contribution >= 0.6 is 0 Å². The van der Waals surface area contributed by atoms with Crippen LogP contribution in [0.4, 0.5) is 0 Å². The maximum Gasteiger partial charge on any atom is 0.381 e. The highest BCUT2D eigenvalue weighted by atomic mass is 16.5. The van der Waals surface area contributed by atoms with Gasteiger partial charge in [-0.3, -0.25) is 4.79 Å². The minimum absolute atomic E-state index is 0.131. The molecule has 2 rings (SSSR count). The molecule has 0 bridgehead atoms. The Kier molecular flexibility index (Phi) is 6.28. The molecule has 0 atom stereocenters. The van der Waals surface area contributed by atoms with Gasteiger partial charge in [0.2, 0.25) is 0 Å². The van der Waals surface area contributed by atoms with E-state index in [4.69, 9.17) is 14.2 Å². The van der Waals surface area contributed by atoms with E-state index in [0.717, 1.165) is 11.3 Å². The largest absolute Gasteiger partial charge is 0.460 e. The Morgan fingerprint density at radius 2 is 1.79 bits per heavy atom. The average molecular weight is 331 g/mol. The lowest BCUT2D eigenvalue weighted by Gasteiger charge is -2.12. The fourth-order valence-electron chi connectivity index (χ4n) is 2.52. The van der Waals surface area contributed by atoms with Gasteiger partial charge < -0.3 is 18.8 Å². The fraction of sp³-hybridized carbons (Fsp3) is 0.333. The Morgan fingerprint density at radius 1 is 1.08 bits per heavy atom. The SMILES string of the molecule is CCOC(=O)C(=O)c1c(-c2ccccc2)cc(COC)n1COC. The van der Waals surface area contributed by atoms with Gasteiger partial charge >= 0.3 is 5.97 Å². The number of nitrogens with zero attached hydrogens (tertiary/aromatic N) is 1. The normalized spacial score (nSPS) is 10.6. The zero-order valence-electron chi connectivity index (χ0n) is 14.1. The van der Waals surface area contributed by atoms with E-state index in [0.29, 0.717) is 12.2 Å². The van der Waals surface area contributed by atoms with Crippen LogP contribution in [-0.4, -0.2) is 37.1 Å². The van der Waals surface area contributed by atoms with Crippen LogP contribution in [0.5, 0.6) is 0 Å². The van der Waals surface area contributed by atoms with Crippen LogP contribution in [0, 0.1) is 0 Å². The van der Waals surface area contributed by atoms with Crippen LogP contribution in [-0.2, 0) is 32.3 Å². The molecule has 0 fully saturated rings. The molecule has 6 heteroatoms. The number of ketones is 1. The van der Waals surface area contributed by atoms with Crippen LogP contribution in [0.2, 0.25) is 0 Å². The first-order chi connectivity index (χ1) is 11.6. The second-order valence-electron chi connectivity index (χ2n) is 5.09. The summed E-state index contributed by atoms with van der Waals surface area (Å²) < 4.78 is 16.9. The highest BCUT2D eigenvalue weighted by Crippen LogP contribution is 2.29. The molecule has 0 aliphatic rings. The van der Waals surface area contributed by atoms with Gasteiger partial charge in [-0.15, -0.1) is 0 Å². The third kappa shape index (κ3) is 3.72. The summed E-state index contributed by atoms with van der Waals surface area (Å²) in [5.41, 5.74) is 2.47. The van der Waals surface area contributed by atoms with E-state index < -0.39 is 11.8 Å². The Hall–Kier alpha value is -2.44. The van der Waals surface area contributed by atoms with Crippen LogP contribution in [0.1, 0.15) is 23.1 Å². The number of carbonyl (C=O) groups is 2. The molecule has 24 heavy (non-hydrogen) atoms. The van der Waals surface area contributed by atoms with Crippen molar-refractivity contribution in [2.75, 3.05) is 20.8 Å². The summed E-state index contributed by atoms with van der Waals surface area (Å²) in [5.74, 6) is -1.58. The molecular weight excluding hydrogens is 310 g/mol. The van der Waals surface area contributed by atoms with Gasteiger partial charge in [0.1, 0.15) is 12.4 Å². The molecule has 1 heterocycles. The number of hydrogen-bond donors (Lipinski definition) is 0. The van der Waals surface area contributed by atoms with Crippen molar-refractivity contribution >= 4 is 11.8 Å². The van der Waals surface area contributed by atoms with Gasteiger partial charge in [-0.05, 0) is 18.6 Å². The van der Waals surface area contributed by atoms with Crippen molar-refractivity contribution < 1.29 is 23.8 Å². The molecule has 0 aliphatic heterocycles. The van der Waals surface area contributed by atoms with E-state index in [1.807, 2.05) is 36.4 Å². The maximum absolute atomic E-state index is 12.7. The highest BCUT2D eigenvalue weighted by molar-refractivity contribution is 6.41. The molecule has 0 N–H and O–H groups in total. The van der Waals surface area contributed by atoms with E-state index in [2.05, 4.69) is 0 Å². The van der Waals surface area contributed by atoms with E-state index in [9.17, 15) is 9.59 Å². The van der Waals surface area contributed by atoms with E-state index >= 15 is 0 Å². The predicted molar refractivity (Wildman–Crippen MR) is 88.6 cm³/mol.